The summed E-state index contributed by atoms with van der Waals surface area (Å²) in [7, 11) is 0. The number of hydrogen-bond acceptors (Lipinski definition) is 3. The fourth-order valence-electron chi connectivity index (χ4n) is 2.92. The number of rotatable bonds is 3. The molecular formula is C19H17N3OS. The highest BCUT2D eigenvalue weighted by atomic mass is 32.1. The summed E-state index contributed by atoms with van der Waals surface area (Å²) in [6, 6.07) is 16.2. The molecule has 0 spiro atoms. The lowest BCUT2D eigenvalue weighted by Gasteiger charge is -2.26. The lowest BCUT2D eigenvalue weighted by molar-refractivity contribution is 0.0767. The van der Waals surface area contributed by atoms with Gasteiger partial charge in [-0.1, -0.05) is 42.5 Å². The Hall–Kier alpha value is -2.66. The van der Waals surface area contributed by atoms with Gasteiger partial charge in [-0.3, -0.25) is 9.89 Å². The topological polar surface area (TPSA) is 49.0 Å². The standard InChI is InChI=1S/C19H17N3OS/c23-19(17-13-16(20-21-17)18-7-4-12-24-18)22-10-8-15(9-11-22)14-5-2-1-3-6-14/h1-8,12-13H,9-11H2,(H,20,21). The zero-order valence-electron chi connectivity index (χ0n) is 13.1. The van der Waals surface area contributed by atoms with Crippen LogP contribution in [-0.2, 0) is 0 Å². The van der Waals surface area contributed by atoms with Gasteiger partial charge in [-0.2, -0.15) is 5.10 Å². The molecule has 1 aliphatic rings. The van der Waals surface area contributed by atoms with E-state index in [0.29, 0.717) is 12.2 Å². The van der Waals surface area contributed by atoms with E-state index in [-0.39, 0.29) is 5.91 Å². The molecule has 0 radical (unpaired) electrons. The van der Waals surface area contributed by atoms with Gasteiger partial charge in [0.2, 0.25) is 0 Å². The van der Waals surface area contributed by atoms with Crippen LogP contribution in [0.15, 0.2) is 60.0 Å². The van der Waals surface area contributed by atoms with Crippen LogP contribution in [0.2, 0.25) is 0 Å². The monoisotopic (exact) mass is 335 g/mol. The molecule has 0 atom stereocenters. The maximum Gasteiger partial charge on any atom is 0.274 e. The average Bonchev–Trinajstić information content (AvgIpc) is 3.33. The van der Waals surface area contributed by atoms with Crippen molar-refractivity contribution in [1.82, 2.24) is 15.1 Å². The van der Waals surface area contributed by atoms with Crippen molar-refractivity contribution in [3.8, 4) is 10.6 Å². The molecule has 1 N–H and O–H groups in total. The van der Waals surface area contributed by atoms with Crippen LogP contribution in [0.4, 0.5) is 0 Å². The molecule has 24 heavy (non-hydrogen) atoms. The molecule has 4 rings (SSSR count). The number of thiophene rings is 1. The molecule has 1 aromatic carbocycles. The minimum absolute atomic E-state index is 0.0163. The summed E-state index contributed by atoms with van der Waals surface area (Å²) < 4.78 is 0. The first-order valence-electron chi connectivity index (χ1n) is 7.94. The Kier molecular flexibility index (Phi) is 4.01. The van der Waals surface area contributed by atoms with E-state index >= 15 is 0 Å². The predicted molar refractivity (Wildman–Crippen MR) is 96.8 cm³/mol. The smallest absolute Gasteiger partial charge is 0.274 e. The fraction of sp³-hybridized carbons (Fsp3) is 0.158. The van der Waals surface area contributed by atoms with Gasteiger partial charge in [0.1, 0.15) is 0 Å². The number of aromatic nitrogens is 2. The molecule has 5 heteroatoms. The summed E-state index contributed by atoms with van der Waals surface area (Å²) in [5.74, 6) is -0.0163. The second kappa shape index (κ2) is 6.45. The minimum atomic E-state index is -0.0163. The van der Waals surface area contributed by atoms with E-state index in [0.717, 1.165) is 23.5 Å². The molecular weight excluding hydrogens is 318 g/mol. The Morgan fingerprint density at radius 3 is 2.75 bits per heavy atom. The number of nitrogens with zero attached hydrogens (tertiary/aromatic N) is 2. The van der Waals surface area contributed by atoms with Gasteiger partial charge >= 0.3 is 0 Å². The van der Waals surface area contributed by atoms with Gasteiger partial charge in [-0.05, 0) is 35.1 Å². The highest BCUT2D eigenvalue weighted by molar-refractivity contribution is 7.13. The first-order chi connectivity index (χ1) is 11.8. The van der Waals surface area contributed by atoms with E-state index in [1.165, 1.54) is 11.1 Å². The molecule has 2 aromatic heterocycles. The fourth-order valence-corrected chi connectivity index (χ4v) is 3.61. The maximum atomic E-state index is 12.6. The number of nitrogens with one attached hydrogen (secondary N) is 1. The quantitative estimate of drug-likeness (QED) is 0.784. The molecule has 3 aromatic rings. The SMILES string of the molecule is O=C(c1cc(-c2cccs2)[nH]n1)N1CC=C(c2ccccc2)CC1. The Morgan fingerprint density at radius 2 is 2.04 bits per heavy atom. The highest BCUT2D eigenvalue weighted by Crippen LogP contribution is 2.25. The number of hydrogen-bond donors (Lipinski definition) is 1. The van der Waals surface area contributed by atoms with Crippen molar-refractivity contribution in [2.24, 2.45) is 0 Å². The van der Waals surface area contributed by atoms with Crippen molar-refractivity contribution in [2.75, 3.05) is 13.1 Å². The molecule has 0 aliphatic carbocycles. The second-order valence-corrected chi connectivity index (χ2v) is 6.69. The Balaban J connectivity index is 1.48. The third kappa shape index (κ3) is 2.90. The van der Waals surface area contributed by atoms with Crippen LogP contribution in [0.5, 0.6) is 0 Å². The van der Waals surface area contributed by atoms with Crippen molar-refractivity contribution < 1.29 is 4.79 Å². The summed E-state index contributed by atoms with van der Waals surface area (Å²) >= 11 is 1.63. The molecule has 0 saturated heterocycles. The Morgan fingerprint density at radius 1 is 1.17 bits per heavy atom. The van der Waals surface area contributed by atoms with E-state index < -0.39 is 0 Å². The van der Waals surface area contributed by atoms with Crippen molar-refractivity contribution >= 4 is 22.8 Å². The largest absolute Gasteiger partial charge is 0.333 e. The lowest BCUT2D eigenvalue weighted by Crippen LogP contribution is -2.34. The van der Waals surface area contributed by atoms with Crippen LogP contribution in [0.3, 0.4) is 0 Å². The normalized spacial score (nSPS) is 14.5. The van der Waals surface area contributed by atoms with Gasteiger partial charge in [0.15, 0.2) is 5.69 Å². The summed E-state index contributed by atoms with van der Waals surface area (Å²) in [5.41, 5.74) is 3.92. The molecule has 1 amide bonds. The third-order valence-electron chi connectivity index (χ3n) is 4.22. The molecule has 4 nitrogen and oxygen atoms in total. The van der Waals surface area contributed by atoms with Crippen LogP contribution in [-0.4, -0.2) is 34.1 Å². The van der Waals surface area contributed by atoms with Crippen LogP contribution >= 0.6 is 11.3 Å². The summed E-state index contributed by atoms with van der Waals surface area (Å²) in [6.07, 6.45) is 3.02. The Bertz CT molecular complexity index is 865. The van der Waals surface area contributed by atoms with Crippen molar-refractivity contribution in [3.05, 3.63) is 71.2 Å². The molecule has 0 bridgehead atoms. The van der Waals surface area contributed by atoms with Crippen LogP contribution < -0.4 is 0 Å². The average molecular weight is 335 g/mol. The third-order valence-corrected chi connectivity index (χ3v) is 5.13. The molecule has 1 aliphatic heterocycles. The number of H-pyrrole nitrogens is 1. The number of benzene rings is 1. The van der Waals surface area contributed by atoms with Gasteiger partial charge in [-0.15, -0.1) is 11.3 Å². The van der Waals surface area contributed by atoms with Crippen LogP contribution in [0, 0.1) is 0 Å². The van der Waals surface area contributed by atoms with Gasteiger partial charge < -0.3 is 4.90 Å². The Labute approximate surface area is 144 Å². The second-order valence-electron chi connectivity index (χ2n) is 5.74. The molecule has 0 unspecified atom stereocenters. The molecule has 0 saturated carbocycles. The first-order valence-corrected chi connectivity index (χ1v) is 8.82. The van der Waals surface area contributed by atoms with Crippen molar-refractivity contribution in [3.63, 3.8) is 0 Å². The van der Waals surface area contributed by atoms with Gasteiger partial charge in [-0.25, -0.2) is 0 Å². The first kappa shape index (κ1) is 14.9. The summed E-state index contributed by atoms with van der Waals surface area (Å²) in [5, 5.41) is 9.17. The van der Waals surface area contributed by atoms with Gasteiger partial charge in [0.25, 0.3) is 5.91 Å². The van der Waals surface area contributed by atoms with E-state index in [1.54, 1.807) is 11.3 Å². The maximum absolute atomic E-state index is 12.6. The number of carbonyl (C=O) groups is 1. The van der Waals surface area contributed by atoms with E-state index in [4.69, 9.17) is 0 Å². The van der Waals surface area contributed by atoms with Gasteiger partial charge in [0, 0.05) is 13.1 Å². The molecule has 120 valence electrons. The van der Waals surface area contributed by atoms with E-state index in [1.807, 2.05) is 46.7 Å². The summed E-state index contributed by atoms with van der Waals surface area (Å²) in [6.45, 7) is 1.35. The van der Waals surface area contributed by atoms with E-state index in [2.05, 4.69) is 28.4 Å². The predicted octanol–water partition coefficient (Wildman–Crippen LogP) is 4.07. The van der Waals surface area contributed by atoms with Crippen molar-refractivity contribution in [2.45, 2.75) is 6.42 Å². The van der Waals surface area contributed by atoms with Gasteiger partial charge in [0.05, 0.1) is 10.6 Å². The lowest BCUT2D eigenvalue weighted by atomic mass is 9.99. The van der Waals surface area contributed by atoms with E-state index in [9.17, 15) is 4.79 Å². The highest BCUT2D eigenvalue weighted by Gasteiger charge is 2.21. The zero-order valence-corrected chi connectivity index (χ0v) is 13.9. The van der Waals surface area contributed by atoms with Crippen LogP contribution in [0.25, 0.3) is 16.1 Å². The number of carbonyl (C=O) groups excluding carboxylic acids is 1. The number of amides is 1. The summed E-state index contributed by atoms with van der Waals surface area (Å²) in [4.78, 5) is 15.6. The van der Waals surface area contributed by atoms with Crippen molar-refractivity contribution in [1.29, 1.82) is 0 Å². The zero-order chi connectivity index (χ0) is 16.4. The molecule has 0 fully saturated rings. The minimum Gasteiger partial charge on any atom is -0.333 e. The molecule has 3 heterocycles. The number of aromatic amines is 1. The van der Waals surface area contributed by atoms with Crippen LogP contribution in [0.1, 0.15) is 22.5 Å².